The fraction of sp³-hybridized carbons (Fsp3) is 0.167. The predicted molar refractivity (Wildman–Crippen MR) is 96.7 cm³/mol. The molecule has 7 nitrogen and oxygen atoms in total. The van der Waals surface area contributed by atoms with Crippen LogP contribution in [0.5, 0.6) is 11.5 Å². The summed E-state index contributed by atoms with van der Waals surface area (Å²) in [4.78, 5) is 9.47. The van der Waals surface area contributed by atoms with Crippen molar-refractivity contribution in [1.82, 2.24) is 10.1 Å². The summed E-state index contributed by atoms with van der Waals surface area (Å²) in [6, 6.07) is 12.6. The Labute approximate surface area is 155 Å². The molecule has 3 aromatic rings. The molecule has 2 aromatic carbocycles. The Kier molecular flexibility index (Phi) is 5.70. The van der Waals surface area contributed by atoms with Crippen LogP contribution < -0.4 is 9.47 Å². The number of benzene rings is 2. The van der Waals surface area contributed by atoms with Crippen molar-refractivity contribution in [3.8, 4) is 22.9 Å². The summed E-state index contributed by atoms with van der Waals surface area (Å²) >= 11 is 5.96. The van der Waals surface area contributed by atoms with E-state index >= 15 is 0 Å². The maximum Gasteiger partial charge on any atom is 0.267 e. The molecule has 0 amide bonds. The Morgan fingerprint density at radius 3 is 2.77 bits per heavy atom. The van der Waals surface area contributed by atoms with Crippen molar-refractivity contribution in [2.45, 2.75) is 6.61 Å². The predicted octanol–water partition coefficient (Wildman–Crippen LogP) is 3.96. The first-order valence-electron chi connectivity index (χ1n) is 7.66. The second-order valence-electron chi connectivity index (χ2n) is 5.11. The number of oxime groups is 1. The highest BCUT2D eigenvalue weighted by Gasteiger charge is 2.10. The van der Waals surface area contributed by atoms with Crippen molar-refractivity contribution in [3.63, 3.8) is 0 Å². The van der Waals surface area contributed by atoms with Gasteiger partial charge in [-0.25, -0.2) is 0 Å². The second-order valence-corrected chi connectivity index (χ2v) is 5.55. The van der Waals surface area contributed by atoms with E-state index in [9.17, 15) is 0 Å². The highest BCUT2D eigenvalue weighted by molar-refractivity contribution is 6.30. The van der Waals surface area contributed by atoms with E-state index in [1.807, 2.05) is 24.3 Å². The third-order valence-electron chi connectivity index (χ3n) is 3.44. The number of rotatable bonds is 7. The van der Waals surface area contributed by atoms with E-state index in [4.69, 9.17) is 30.4 Å². The molecule has 1 heterocycles. The van der Waals surface area contributed by atoms with Crippen LogP contribution in [0.25, 0.3) is 11.4 Å². The highest BCUT2D eigenvalue weighted by atomic mass is 35.5. The molecule has 1 aromatic heterocycles. The molecule has 26 heavy (non-hydrogen) atoms. The van der Waals surface area contributed by atoms with Crippen LogP contribution in [0.2, 0.25) is 5.02 Å². The first-order valence-corrected chi connectivity index (χ1v) is 8.04. The number of aromatic nitrogens is 2. The minimum atomic E-state index is 0.0380. The summed E-state index contributed by atoms with van der Waals surface area (Å²) < 4.78 is 15.7. The monoisotopic (exact) mass is 373 g/mol. The summed E-state index contributed by atoms with van der Waals surface area (Å²) in [6.07, 6.45) is 1.52. The third-order valence-corrected chi connectivity index (χ3v) is 3.67. The van der Waals surface area contributed by atoms with E-state index in [2.05, 4.69) is 15.3 Å². The SMILES string of the molecule is COc1cccc(/C=N\OCc2nc(-c3cccc(Cl)c3)no2)c1OC. The molecule has 0 spiro atoms. The van der Waals surface area contributed by atoms with Crippen molar-refractivity contribution in [2.24, 2.45) is 5.16 Å². The summed E-state index contributed by atoms with van der Waals surface area (Å²) in [5.74, 6) is 1.92. The van der Waals surface area contributed by atoms with Gasteiger partial charge in [0.05, 0.1) is 20.4 Å². The van der Waals surface area contributed by atoms with Gasteiger partial charge in [-0.05, 0) is 24.3 Å². The van der Waals surface area contributed by atoms with Gasteiger partial charge in [-0.1, -0.05) is 40.1 Å². The van der Waals surface area contributed by atoms with Gasteiger partial charge < -0.3 is 18.8 Å². The number of para-hydroxylation sites is 1. The summed E-state index contributed by atoms with van der Waals surface area (Å²) in [5.41, 5.74) is 1.48. The lowest BCUT2D eigenvalue weighted by Crippen LogP contribution is -1.95. The minimum Gasteiger partial charge on any atom is -0.493 e. The molecular formula is C18H16ClN3O4. The van der Waals surface area contributed by atoms with Crippen LogP contribution in [0.4, 0.5) is 0 Å². The van der Waals surface area contributed by atoms with Gasteiger partial charge in [0, 0.05) is 16.1 Å². The van der Waals surface area contributed by atoms with Gasteiger partial charge in [0.15, 0.2) is 18.1 Å². The van der Waals surface area contributed by atoms with Crippen molar-refractivity contribution in [1.29, 1.82) is 0 Å². The van der Waals surface area contributed by atoms with E-state index in [0.29, 0.717) is 28.2 Å². The van der Waals surface area contributed by atoms with Crippen LogP contribution >= 0.6 is 11.6 Å². The molecule has 8 heteroatoms. The summed E-state index contributed by atoms with van der Waals surface area (Å²) in [6.45, 7) is 0.0380. The van der Waals surface area contributed by atoms with Gasteiger partial charge in [0.2, 0.25) is 5.82 Å². The number of halogens is 1. The Hall–Kier alpha value is -3.06. The maximum absolute atomic E-state index is 5.96. The number of nitrogens with zero attached hydrogens (tertiary/aromatic N) is 3. The zero-order valence-electron chi connectivity index (χ0n) is 14.2. The highest BCUT2D eigenvalue weighted by Crippen LogP contribution is 2.29. The molecule has 0 N–H and O–H groups in total. The number of hydrogen-bond donors (Lipinski definition) is 0. The molecule has 0 aliphatic rings. The second kappa shape index (κ2) is 8.35. The molecule has 0 bridgehead atoms. The topological polar surface area (TPSA) is 79.0 Å². The van der Waals surface area contributed by atoms with Crippen molar-refractivity contribution in [3.05, 3.63) is 58.9 Å². The lowest BCUT2D eigenvalue weighted by molar-refractivity contribution is 0.107. The molecular weight excluding hydrogens is 358 g/mol. The number of hydrogen-bond acceptors (Lipinski definition) is 7. The lowest BCUT2D eigenvalue weighted by atomic mass is 10.2. The van der Waals surface area contributed by atoms with Crippen LogP contribution in [0.3, 0.4) is 0 Å². The van der Waals surface area contributed by atoms with Gasteiger partial charge in [-0.2, -0.15) is 4.98 Å². The van der Waals surface area contributed by atoms with E-state index in [1.54, 1.807) is 32.4 Å². The van der Waals surface area contributed by atoms with E-state index < -0.39 is 0 Å². The Bertz CT molecular complexity index is 911. The third kappa shape index (κ3) is 4.12. The van der Waals surface area contributed by atoms with Crippen LogP contribution in [-0.4, -0.2) is 30.6 Å². The lowest BCUT2D eigenvalue weighted by Gasteiger charge is -2.09. The molecule has 0 aliphatic carbocycles. The molecule has 0 radical (unpaired) electrons. The largest absolute Gasteiger partial charge is 0.493 e. The van der Waals surface area contributed by atoms with Crippen molar-refractivity contribution >= 4 is 17.8 Å². The molecule has 134 valence electrons. The van der Waals surface area contributed by atoms with Crippen molar-refractivity contribution in [2.75, 3.05) is 14.2 Å². The van der Waals surface area contributed by atoms with Crippen LogP contribution in [0, 0.1) is 0 Å². The fourth-order valence-electron chi connectivity index (χ4n) is 2.26. The van der Waals surface area contributed by atoms with Gasteiger partial charge >= 0.3 is 0 Å². The Morgan fingerprint density at radius 2 is 2.00 bits per heavy atom. The van der Waals surface area contributed by atoms with Crippen LogP contribution in [-0.2, 0) is 11.4 Å². The zero-order valence-corrected chi connectivity index (χ0v) is 14.9. The van der Waals surface area contributed by atoms with Crippen LogP contribution in [0.15, 0.2) is 52.1 Å². The van der Waals surface area contributed by atoms with Crippen LogP contribution in [0.1, 0.15) is 11.5 Å². The number of ether oxygens (including phenoxy) is 2. The minimum absolute atomic E-state index is 0.0380. The molecule has 0 saturated heterocycles. The average Bonchev–Trinajstić information content (AvgIpc) is 3.14. The van der Waals surface area contributed by atoms with Gasteiger partial charge in [0.25, 0.3) is 5.89 Å². The summed E-state index contributed by atoms with van der Waals surface area (Å²) in [7, 11) is 3.13. The fourth-order valence-corrected chi connectivity index (χ4v) is 2.45. The smallest absolute Gasteiger partial charge is 0.267 e. The first-order chi connectivity index (χ1) is 12.7. The van der Waals surface area contributed by atoms with E-state index in [-0.39, 0.29) is 6.61 Å². The van der Waals surface area contributed by atoms with E-state index in [0.717, 1.165) is 11.1 Å². The van der Waals surface area contributed by atoms with Gasteiger partial charge in [-0.15, -0.1) is 0 Å². The van der Waals surface area contributed by atoms with Gasteiger partial charge in [0.1, 0.15) is 0 Å². The molecule has 0 saturated carbocycles. The molecule has 0 aliphatic heterocycles. The molecule has 0 unspecified atom stereocenters. The average molecular weight is 374 g/mol. The maximum atomic E-state index is 5.96. The Balaban J connectivity index is 1.63. The first kappa shape index (κ1) is 17.8. The molecule has 0 atom stereocenters. The zero-order chi connectivity index (χ0) is 18.4. The van der Waals surface area contributed by atoms with E-state index in [1.165, 1.54) is 6.21 Å². The standard InChI is InChI=1S/C18H16ClN3O4/c1-23-15-8-4-6-13(17(15)24-2)10-20-25-11-16-21-18(22-26-16)12-5-3-7-14(19)9-12/h3-10H,11H2,1-2H3/b20-10-. The van der Waals surface area contributed by atoms with Gasteiger partial charge in [-0.3, -0.25) is 0 Å². The summed E-state index contributed by atoms with van der Waals surface area (Å²) in [5, 5.41) is 8.41. The molecule has 3 rings (SSSR count). The van der Waals surface area contributed by atoms with Crippen molar-refractivity contribution < 1.29 is 18.8 Å². The Morgan fingerprint density at radius 1 is 1.15 bits per heavy atom. The number of methoxy groups -OCH3 is 2. The molecule has 0 fully saturated rings. The quantitative estimate of drug-likeness (QED) is 0.460. The normalized spacial score (nSPS) is 10.9.